The minimum absolute atomic E-state index is 0.0251. The van der Waals surface area contributed by atoms with Crippen molar-refractivity contribution >= 4 is 44.7 Å². The third-order valence-electron chi connectivity index (χ3n) is 10.4. The van der Waals surface area contributed by atoms with Crippen LogP contribution >= 0.6 is 11.3 Å². The first-order valence-corrected chi connectivity index (χ1v) is 22.1. The van der Waals surface area contributed by atoms with E-state index in [1.165, 1.54) is 55.9 Å². The number of nitrogens with zero attached hydrogens (tertiary/aromatic N) is 4. The van der Waals surface area contributed by atoms with Crippen molar-refractivity contribution in [2.24, 2.45) is 0 Å². The van der Waals surface area contributed by atoms with E-state index in [9.17, 15) is 30.8 Å². The summed E-state index contributed by atoms with van der Waals surface area (Å²) in [5.41, 5.74) is 0.348. The van der Waals surface area contributed by atoms with E-state index in [1.54, 1.807) is 20.1 Å². The number of hydrogen-bond donors (Lipinski definition) is 2. The Bertz CT molecular complexity index is 2430. The Labute approximate surface area is 355 Å². The van der Waals surface area contributed by atoms with Gasteiger partial charge in [-0.1, -0.05) is 57.5 Å². The van der Waals surface area contributed by atoms with Crippen LogP contribution < -0.4 is 10.0 Å². The number of hydrogen-bond acceptors (Lipinski definition) is 11. The smallest absolute Gasteiger partial charge is 0.458 e. The second-order valence-corrected chi connectivity index (χ2v) is 18.0. The molecule has 6 rings (SSSR count). The second-order valence-electron chi connectivity index (χ2n) is 15.3. The molecule has 0 aliphatic carbocycles. The van der Waals surface area contributed by atoms with Crippen molar-refractivity contribution in [2.45, 2.75) is 75.3 Å². The van der Waals surface area contributed by atoms with Gasteiger partial charge in [0.25, 0.3) is 10.0 Å². The van der Waals surface area contributed by atoms with E-state index < -0.39 is 56.4 Å². The maximum absolute atomic E-state index is 16.6. The van der Waals surface area contributed by atoms with Crippen LogP contribution in [-0.4, -0.2) is 80.4 Å². The summed E-state index contributed by atoms with van der Waals surface area (Å²) in [4.78, 5) is 27.5. The molecule has 0 radical (unpaired) electrons. The topological polar surface area (TPSA) is 136 Å². The van der Waals surface area contributed by atoms with Crippen LogP contribution in [0.2, 0.25) is 0 Å². The molecule has 61 heavy (non-hydrogen) atoms. The summed E-state index contributed by atoms with van der Waals surface area (Å²) in [7, 11) is -2.91. The fourth-order valence-electron chi connectivity index (χ4n) is 7.09. The number of aromatic nitrogens is 3. The van der Waals surface area contributed by atoms with Gasteiger partial charge in [-0.15, -0.1) is 11.3 Å². The summed E-state index contributed by atoms with van der Waals surface area (Å²) >= 11 is 0.978. The molecule has 2 aromatic heterocycles. The highest BCUT2D eigenvalue weighted by Crippen LogP contribution is 2.43. The molecular formula is C43H47F5N6O5S2. The van der Waals surface area contributed by atoms with Gasteiger partial charge in [-0.2, -0.15) is 13.2 Å². The van der Waals surface area contributed by atoms with Gasteiger partial charge in [0, 0.05) is 31.1 Å². The summed E-state index contributed by atoms with van der Waals surface area (Å²) in [6, 6.07) is 17.3. The Morgan fingerprint density at radius 1 is 0.967 bits per heavy atom. The van der Waals surface area contributed by atoms with Crippen LogP contribution in [-0.2, 0) is 36.1 Å². The van der Waals surface area contributed by atoms with Crippen molar-refractivity contribution < 1.29 is 44.6 Å². The first-order valence-electron chi connectivity index (χ1n) is 19.8. The number of likely N-dealkylation sites (tertiary alicyclic amines) is 1. The molecule has 1 unspecified atom stereocenters. The number of nitrogens with one attached hydrogen (secondary N) is 2. The van der Waals surface area contributed by atoms with Gasteiger partial charge in [-0.25, -0.2) is 36.9 Å². The molecule has 2 N–H and O–H groups in total. The van der Waals surface area contributed by atoms with Gasteiger partial charge in [0.15, 0.2) is 5.82 Å². The van der Waals surface area contributed by atoms with Gasteiger partial charge >= 0.3 is 12.1 Å². The van der Waals surface area contributed by atoms with Crippen LogP contribution in [0.3, 0.4) is 0 Å². The fourth-order valence-corrected chi connectivity index (χ4v) is 9.66. The third kappa shape index (κ3) is 11.1. The van der Waals surface area contributed by atoms with Crippen molar-refractivity contribution in [3.63, 3.8) is 0 Å². The molecular weight excluding hydrogens is 840 g/mol. The minimum Gasteiger partial charge on any atom is -0.458 e. The molecule has 0 saturated carbocycles. The van der Waals surface area contributed by atoms with E-state index in [4.69, 9.17) is 9.72 Å². The number of ether oxygens (including phenoxy) is 2. The van der Waals surface area contributed by atoms with Crippen molar-refractivity contribution in [2.75, 3.05) is 50.0 Å². The summed E-state index contributed by atoms with van der Waals surface area (Å²) in [6.45, 7) is 7.62. The molecule has 18 heteroatoms. The average molecular weight is 887 g/mol. The van der Waals surface area contributed by atoms with Gasteiger partial charge in [-0.3, -0.25) is 4.72 Å². The molecule has 1 aliphatic heterocycles. The number of anilines is 3. The summed E-state index contributed by atoms with van der Waals surface area (Å²) in [5, 5.41) is 3.37. The SMILES string of the molecule is CCc1cccc(F)c1S(=O)(=O)Nc1cccc(-c2nc(C(C)(C)COC(=O)C(F)(F)F)sc2-c2ccnc(Nc3ccc(C4CCCCN(CCOC)CC4)cc3)n2)c1F. The van der Waals surface area contributed by atoms with E-state index in [0.29, 0.717) is 18.2 Å². The number of carbonyl (C=O) groups excluding carboxylic acids is 1. The Kier molecular flexibility index (Phi) is 14.4. The molecule has 11 nitrogen and oxygen atoms in total. The molecule has 3 heterocycles. The maximum Gasteiger partial charge on any atom is 0.490 e. The first kappa shape index (κ1) is 45.5. The molecule has 1 atom stereocenters. The van der Waals surface area contributed by atoms with E-state index >= 15 is 4.39 Å². The minimum atomic E-state index is -5.22. The zero-order valence-electron chi connectivity index (χ0n) is 34.1. The highest BCUT2D eigenvalue weighted by Gasteiger charge is 2.42. The number of methoxy groups -OCH3 is 1. The number of alkyl halides is 3. The van der Waals surface area contributed by atoms with Gasteiger partial charge in [0.05, 0.1) is 34.0 Å². The molecule has 0 spiro atoms. The Hall–Kier alpha value is -5.04. The number of sulfonamides is 1. The van der Waals surface area contributed by atoms with Crippen molar-refractivity contribution in [3.05, 3.63) is 101 Å². The monoisotopic (exact) mass is 886 g/mol. The number of benzene rings is 3. The quantitative estimate of drug-likeness (QED) is 0.0773. The van der Waals surface area contributed by atoms with Crippen molar-refractivity contribution in [1.82, 2.24) is 19.9 Å². The zero-order chi connectivity index (χ0) is 44.0. The lowest BCUT2D eigenvalue weighted by Gasteiger charge is -2.28. The highest BCUT2D eigenvalue weighted by atomic mass is 32.2. The average Bonchev–Trinajstić information content (AvgIpc) is 3.67. The first-order chi connectivity index (χ1) is 29.0. The largest absolute Gasteiger partial charge is 0.490 e. The normalized spacial score (nSPS) is 15.5. The van der Waals surface area contributed by atoms with E-state index in [-0.39, 0.29) is 44.8 Å². The van der Waals surface area contributed by atoms with Gasteiger partial charge in [0.1, 0.15) is 22.3 Å². The number of carbonyl (C=O) groups is 1. The third-order valence-corrected chi connectivity index (χ3v) is 13.3. The maximum atomic E-state index is 16.6. The van der Waals surface area contributed by atoms with Crippen LogP contribution in [0.1, 0.15) is 68.5 Å². The number of esters is 1. The lowest BCUT2D eigenvalue weighted by atomic mass is 9.89. The summed E-state index contributed by atoms with van der Waals surface area (Å²) in [5.74, 6) is -3.85. The standard InChI is InChI=1S/C43H47F5N6O5S2/c1-5-27-11-8-13-32(44)38(27)61(56,57)53-33-14-9-12-31(35(33)45)36-37(60-39(52-36)42(2,3)26-59-40(55)43(46,47)48)34-19-21-49-41(51-34)50-30-17-15-29(16-18-30)28-10-6-7-22-54(23-20-28)24-25-58-4/h8-9,11-19,21,28,53H,5-7,10,20,22-26H2,1-4H3,(H,49,50,51). The molecule has 326 valence electrons. The molecule has 3 aromatic carbocycles. The van der Waals surface area contributed by atoms with E-state index in [2.05, 4.69) is 41.8 Å². The molecule has 1 fully saturated rings. The second kappa shape index (κ2) is 19.3. The summed E-state index contributed by atoms with van der Waals surface area (Å²) < 4.78 is 110. The van der Waals surface area contributed by atoms with E-state index in [0.717, 1.165) is 62.7 Å². The zero-order valence-corrected chi connectivity index (χ0v) is 35.7. The molecule has 1 saturated heterocycles. The summed E-state index contributed by atoms with van der Waals surface area (Å²) in [6.07, 6.45) is 0.822. The van der Waals surface area contributed by atoms with Crippen LogP contribution in [0, 0.1) is 11.6 Å². The Morgan fingerprint density at radius 2 is 1.72 bits per heavy atom. The lowest BCUT2D eigenvalue weighted by Crippen LogP contribution is -2.32. The predicted octanol–water partition coefficient (Wildman–Crippen LogP) is 9.64. The number of aryl methyl sites for hydroxylation is 1. The van der Waals surface area contributed by atoms with Crippen LogP contribution in [0.4, 0.5) is 39.3 Å². The molecule has 0 bridgehead atoms. The van der Waals surface area contributed by atoms with Gasteiger partial charge < -0.3 is 19.7 Å². The number of thiazole rings is 1. The molecule has 5 aromatic rings. The Morgan fingerprint density at radius 3 is 2.44 bits per heavy atom. The fraction of sp³-hybridized carbons (Fsp3) is 0.395. The molecule has 0 amide bonds. The van der Waals surface area contributed by atoms with E-state index in [1.807, 2.05) is 12.1 Å². The van der Waals surface area contributed by atoms with Crippen LogP contribution in [0.25, 0.3) is 21.8 Å². The number of rotatable bonds is 15. The Balaban J connectivity index is 1.32. The highest BCUT2D eigenvalue weighted by molar-refractivity contribution is 7.92. The lowest BCUT2D eigenvalue weighted by molar-refractivity contribution is -0.201. The number of halogens is 5. The van der Waals surface area contributed by atoms with Crippen molar-refractivity contribution in [3.8, 4) is 21.8 Å². The molecule has 1 aliphatic rings. The van der Waals surface area contributed by atoms with Crippen molar-refractivity contribution in [1.29, 1.82) is 0 Å². The van der Waals surface area contributed by atoms with Crippen LogP contribution in [0.15, 0.2) is 77.8 Å². The van der Waals surface area contributed by atoms with Gasteiger partial charge in [0.2, 0.25) is 5.95 Å². The predicted molar refractivity (Wildman–Crippen MR) is 224 cm³/mol. The van der Waals surface area contributed by atoms with Crippen LogP contribution in [0.5, 0.6) is 0 Å². The van der Waals surface area contributed by atoms with Gasteiger partial charge in [-0.05, 0) is 92.2 Å².